The number of nitrogens with zero attached hydrogens (tertiary/aromatic N) is 5. The molecule has 2 N–H and O–H groups in total. The quantitative estimate of drug-likeness (QED) is 0.457. The first-order chi connectivity index (χ1) is 14.8. The number of nitrogens with one attached hydrogen (secondary N) is 2. The van der Waals surface area contributed by atoms with Gasteiger partial charge in [0, 0.05) is 47.0 Å². The molecule has 144 valence electrons. The van der Waals surface area contributed by atoms with E-state index in [0.29, 0.717) is 17.2 Å². The van der Waals surface area contributed by atoms with Crippen LogP contribution in [-0.4, -0.2) is 35.1 Å². The Bertz CT molecular complexity index is 1510. The molecule has 0 amide bonds. The molecule has 0 radical (unpaired) electrons. The molecule has 8 nitrogen and oxygen atoms in total. The Morgan fingerprint density at radius 3 is 2.77 bits per heavy atom. The molecule has 0 aromatic carbocycles. The van der Waals surface area contributed by atoms with Gasteiger partial charge in [0.2, 0.25) is 0 Å². The van der Waals surface area contributed by atoms with Crippen LogP contribution in [-0.2, 0) is 0 Å². The van der Waals surface area contributed by atoms with Crippen molar-refractivity contribution in [3.8, 4) is 33.8 Å². The number of H-pyrrole nitrogens is 2. The molecule has 0 saturated heterocycles. The van der Waals surface area contributed by atoms with E-state index in [4.69, 9.17) is 9.40 Å². The van der Waals surface area contributed by atoms with E-state index < -0.39 is 0 Å². The predicted molar refractivity (Wildman–Crippen MR) is 112 cm³/mol. The molecule has 6 heterocycles. The van der Waals surface area contributed by atoms with Crippen molar-refractivity contribution in [3.63, 3.8) is 0 Å². The SMILES string of the molecule is Cc1ccncc1-c1cnc2[nH]nc(-c3nc4c(-c5ccoc5)cncc4[nH]3)c2c1. The van der Waals surface area contributed by atoms with E-state index >= 15 is 0 Å². The maximum Gasteiger partial charge on any atom is 0.159 e. The minimum absolute atomic E-state index is 0.649. The lowest BCUT2D eigenvalue weighted by Gasteiger charge is -2.04. The summed E-state index contributed by atoms with van der Waals surface area (Å²) in [5.74, 6) is 0.649. The number of hydrogen-bond acceptors (Lipinski definition) is 6. The van der Waals surface area contributed by atoms with E-state index in [9.17, 15) is 0 Å². The van der Waals surface area contributed by atoms with Crippen molar-refractivity contribution in [3.05, 3.63) is 67.3 Å². The van der Waals surface area contributed by atoms with E-state index in [1.807, 2.05) is 24.5 Å². The summed E-state index contributed by atoms with van der Waals surface area (Å²) >= 11 is 0. The van der Waals surface area contributed by atoms with Gasteiger partial charge in [-0.1, -0.05) is 0 Å². The van der Waals surface area contributed by atoms with Gasteiger partial charge in [-0.2, -0.15) is 5.10 Å². The molecule has 0 unspecified atom stereocenters. The number of aromatic nitrogens is 7. The van der Waals surface area contributed by atoms with Gasteiger partial charge in [0.1, 0.15) is 11.2 Å². The standard InChI is InChI=1S/C22H15N7O/c1-12-2-4-23-8-16(12)14-6-15-20(28-29-21(15)25-7-14)22-26-18-10-24-9-17(19(18)27-22)13-3-5-30-11-13/h2-11H,1H3,(H,26,27)(H,25,28,29). The molecule has 0 atom stereocenters. The Morgan fingerprint density at radius 1 is 0.967 bits per heavy atom. The van der Waals surface area contributed by atoms with E-state index in [-0.39, 0.29) is 0 Å². The van der Waals surface area contributed by atoms with Gasteiger partial charge in [-0.25, -0.2) is 9.97 Å². The number of imidazole rings is 1. The second-order valence-corrected chi connectivity index (χ2v) is 7.06. The maximum absolute atomic E-state index is 5.22. The minimum atomic E-state index is 0.649. The zero-order valence-electron chi connectivity index (χ0n) is 15.9. The fourth-order valence-electron chi connectivity index (χ4n) is 3.67. The predicted octanol–water partition coefficient (Wildman–Crippen LogP) is 4.53. The van der Waals surface area contributed by atoms with Gasteiger partial charge >= 0.3 is 0 Å². The normalized spacial score (nSPS) is 11.5. The summed E-state index contributed by atoms with van der Waals surface area (Å²) in [6, 6.07) is 5.94. The number of rotatable bonds is 3. The molecule has 30 heavy (non-hydrogen) atoms. The smallest absolute Gasteiger partial charge is 0.159 e. The van der Waals surface area contributed by atoms with Gasteiger partial charge in [0.05, 0.1) is 29.6 Å². The number of aromatic amines is 2. The van der Waals surface area contributed by atoms with Crippen LogP contribution in [0.5, 0.6) is 0 Å². The second-order valence-electron chi connectivity index (χ2n) is 7.06. The Labute approximate surface area is 170 Å². The van der Waals surface area contributed by atoms with Crippen LogP contribution < -0.4 is 0 Å². The summed E-state index contributed by atoms with van der Waals surface area (Å²) in [5.41, 5.74) is 8.01. The summed E-state index contributed by atoms with van der Waals surface area (Å²) in [6.45, 7) is 2.06. The van der Waals surface area contributed by atoms with Crippen molar-refractivity contribution in [2.75, 3.05) is 0 Å². The molecule has 0 aliphatic carbocycles. The highest BCUT2D eigenvalue weighted by Crippen LogP contribution is 2.32. The van der Waals surface area contributed by atoms with Crippen LogP contribution in [0.25, 0.3) is 55.8 Å². The molecule has 6 aromatic heterocycles. The van der Waals surface area contributed by atoms with Crippen LogP contribution in [0.3, 0.4) is 0 Å². The van der Waals surface area contributed by atoms with Gasteiger partial charge < -0.3 is 9.40 Å². The lowest BCUT2D eigenvalue weighted by Crippen LogP contribution is -1.87. The van der Waals surface area contributed by atoms with Crippen LogP contribution >= 0.6 is 0 Å². The van der Waals surface area contributed by atoms with Crippen LogP contribution in [0.4, 0.5) is 0 Å². The van der Waals surface area contributed by atoms with Gasteiger partial charge in [-0.3, -0.25) is 15.1 Å². The van der Waals surface area contributed by atoms with Crippen LogP contribution in [0.2, 0.25) is 0 Å². The van der Waals surface area contributed by atoms with E-state index in [1.165, 1.54) is 0 Å². The highest BCUT2D eigenvalue weighted by atomic mass is 16.3. The highest BCUT2D eigenvalue weighted by molar-refractivity contribution is 5.96. The average Bonchev–Trinajstić information content (AvgIpc) is 3.51. The molecule has 6 aromatic rings. The fraction of sp³-hybridized carbons (Fsp3) is 0.0455. The molecule has 0 spiro atoms. The lowest BCUT2D eigenvalue weighted by molar-refractivity contribution is 0.568. The molecule has 8 heteroatoms. The first-order valence-corrected chi connectivity index (χ1v) is 9.40. The monoisotopic (exact) mass is 393 g/mol. The maximum atomic E-state index is 5.22. The lowest BCUT2D eigenvalue weighted by atomic mass is 10.0. The average molecular weight is 393 g/mol. The Balaban J connectivity index is 1.53. The van der Waals surface area contributed by atoms with Crippen molar-refractivity contribution >= 4 is 22.1 Å². The number of aryl methyl sites for hydroxylation is 1. The molecule has 0 fully saturated rings. The number of fused-ring (bicyclic) bond motifs is 2. The third kappa shape index (κ3) is 2.51. The van der Waals surface area contributed by atoms with Crippen molar-refractivity contribution in [2.24, 2.45) is 0 Å². The first-order valence-electron chi connectivity index (χ1n) is 9.40. The minimum Gasteiger partial charge on any atom is -0.472 e. The Hall–Kier alpha value is -4.33. The van der Waals surface area contributed by atoms with Crippen LogP contribution in [0, 0.1) is 6.92 Å². The van der Waals surface area contributed by atoms with Gasteiger partial charge in [0.15, 0.2) is 11.5 Å². The molecule has 0 bridgehead atoms. The number of hydrogen-bond donors (Lipinski definition) is 2. The molecular formula is C22H15N7O. The number of furan rings is 1. The Kier molecular flexibility index (Phi) is 3.51. The second kappa shape index (κ2) is 6.35. The van der Waals surface area contributed by atoms with E-state index in [2.05, 4.69) is 43.1 Å². The Morgan fingerprint density at radius 2 is 1.90 bits per heavy atom. The van der Waals surface area contributed by atoms with Crippen molar-refractivity contribution in [1.29, 1.82) is 0 Å². The molecule has 0 saturated carbocycles. The van der Waals surface area contributed by atoms with Gasteiger partial charge in [0.25, 0.3) is 0 Å². The first kappa shape index (κ1) is 16.6. The third-order valence-electron chi connectivity index (χ3n) is 5.22. The number of pyridine rings is 3. The molecule has 0 aliphatic heterocycles. The topological polar surface area (TPSA) is 109 Å². The third-order valence-corrected chi connectivity index (χ3v) is 5.22. The summed E-state index contributed by atoms with van der Waals surface area (Å²) in [5, 5.41) is 8.36. The molecule has 6 rings (SSSR count). The van der Waals surface area contributed by atoms with E-state index in [1.54, 1.807) is 31.1 Å². The summed E-state index contributed by atoms with van der Waals surface area (Å²) in [7, 11) is 0. The zero-order chi connectivity index (χ0) is 20.1. The van der Waals surface area contributed by atoms with Crippen molar-refractivity contribution in [2.45, 2.75) is 6.92 Å². The van der Waals surface area contributed by atoms with Crippen molar-refractivity contribution < 1.29 is 4.42 Å². The van der Waals surface area contributed by atoms with Crippen LogP contribution in [0.1, 0.15) is 5.56 Å². The van der Waals surface area contributed by atoms with Crippen LogP contribution in [0.15, 0.2) is 66.1 Å². The zero-order valence-corrected chi connectivity index (χ0v) is 15.9. The molecule has 0 aliphatic rings. The largest absolute Gasteiger partial charge is 0.472 e. The summed E-state index contributed by atoms with van der Waals surface area (Å²) in [6.07, 6.45) is 12.3. The summed E-state index contributed by atoms with van der Waals surface area (Å²) in [4.78, 5) is 21.3. The van der Waals surface area contributed by atoms with E-state index in [0.717, 1.165) is 44.2 Å². The highest BCUT2D eigenvalue weighted by Gasteiger charge is 2.17. The van der Waals surface area contributed by atoms with Crippen molar-refractivity contribution in [1.82, 2.24) is 35.1 Å². The fourth-order valence-corrected chi connectivity index (χ4v) is 3.67. The van der Waals surface area contributed by atoms with Gasteiger partial charge in [-0.05, 0) is 30.7 Å². The summed E-state index contributed by atoms with van der Waals surface area (Å²) < 4.78 is 5.22. The molecular weight excluding hydrogens is 378 g/mol. The van der Waals surface area contributed by atoms with Gasteiger partial charge in [-0.15, -0.1) is 0 Å².